The number of halogens is 2. The zero-order chi connectivity index (χ0) is 12.5. The fourth-order valence-electron chi connectivity index (χ4n) is 1.96. The summed E-state index contributed by atoms with van der Waals surface area (Å²) < 4.78 is 31.8. The van der Waals surface area contributed by atoms with Crippen LogP contribution >= 0.6 is 0 Å². The number of hydrogen-bond donors (Lipinski definition) is 0. The van der Waals surface area contributed by atoms with E-state index in [0.717, 1.165) is 23.4 Å². The summed E-state index contributed by atoms with van der Waals surface area (Å²) in [5.41, 5.74) is 1.58. The second kappa shape index (κ2) is 4.26. The van der Waals surface area contributed by atoms with Gasteiger partial charge >= 0.3 is 0 Å². The van der Waals surface area contributed by atoms with Crippen LogP contribution in [0.15, 0.2) is 48.5 Å². The van der Waals surface area contributed by atoms with Crippen molar-refractivity contribution in [2.75, 3.05) is 0 Å². The van der Waals surface area contributed by atoms with Crippen LogP contribution in [0, 0.1) is 11.6 Å². The van der Waals surface area contributed by atoms with Crippen molar-refractivity contribution in [1.82, 2.24) is 0 Å². The normalized spacial score (nSPS) is 17.1. The Morgan fingerprint density at radius 1 is 0.944 bits per heavy atom. The van der Waals surface area contributed by atoms with E-state index < -0.39 is 11.6 Å². The quantitative estimate of drug-likeness (QED) is 0.733. The lowest BCUT2D eigenvalue weighted by Gasteiger charge is -2.21. The Balaban J connectivity index is 1.94. The highest BCUT2D eigenvalue weighted by atomic mass is 19.2. The predicted molar refractivity (Wildman–Crippen MR) is 65.2 cm³/mol. The van der Waals surface area contributed by atoms with Crippen molar-refractivity contribution in [2.45, 2.75) is 6.10 Å². The van der Waals surface area contributed by atoms with Gasteiger partial charge in [-0.1, -0.05) is 30.3 Å². The van der Waals surface area contributed by atoms with Crippen LogP contribution in [-0.2, 0) is 0 Å². The van der Waals surface area contributed by atoms with Crippen molar-refractivity contribution in [2.24, 2.45) is 0 Å². The molecule has 0 spiro atoms. The maximum Gasteiger partial charge on any atom is 0.159 e. The number of ether oxygens (including phenoxy) is 1. The second-order valence-corrected chi connectivity index (χ2v) is 4.11. The van der Waals surface area contributed by atoms with Crippen molar-refractivity contribution >= 4 is 6.08 Å². The van der Waals surface area contributed by atoms with E-state index in [1.165, 1.54) is 6.07 Å². The molecule has 0 saturated carbocycles. The summed E-state index contributed by atoms with van der Waals surface area (Å²) in [7, 11) is 0. The number of hydrogen-bond acceptors (Lipinski definition) is 1. The molecule has 0 bridgehead atoms. The highest BCUT2D eigenvalue weighted by Crippen LogP contribution is 2.32. The Kier molecular flexibility index (Phi) is 2.59. The third-order valence-electron chi connectivity index (χ3n) is 2.90. The lowest BCUT2D eigenvalue weighted by molar-refractivity contribution is 0.251. The number of rotatable bonds is 1. The summed E-state index contributed by atoms with van der Waals surface area (Å²) in [6.07, 6.45) is 3.37. The molecule has 0 amide bonds. The van der Waals surface area contributed by atoms with E-state index in [4.69, 9.17) is 4.74 Å². The largest absolute Gasteiger partial charge is 0.481 e. The van der Waals surface area contributed by atoms with E-state index in [2.05, 4.69) is 0 Å². The van der Waals surface area contributed by atoms with Crippen molar-refractivity contribution in [1.29, 1.82) is 0 Å². The SMILES string of the molecule is Fc1ccc(C2C=Cc3ccccc3O2)cc1F. The molecule has 0 N–H and O–H groups in total. The van der Waals surface area contributed by atoms with Gasteiger partial charge in [0.2, 0.25) is 0 Å². The van der Waals surface area contributed by atoms with Crippen LogP contribution in [0.3, 0.4) is 0 Å². The van der Waals surface area contributed by atoms with E-state index in [0.29, 0.717) is 5.56 Å². The molecule has 1 heterocycles. The van der Waals surface area contributed by atoms with Gasteiger partial charge in [-0.2, -0.15) is 0 Å². The van der Waals surface area contributed by atoms with Gasteiger partial charge in [0, 0.05) is 5.56 Å². The van der Waals surface area contributed by atoms with E-state index in [9.17, 15) is 8.78 Å². The molecule has 2 aromatic rings. The van der Waals surface area contributed by atoms with Crippen LogP contribution in [0.1, 0.15) is 17.2 Å². The minimum absolute atomic E-state index is 0.380. The van der Waals surface area contributed by atoms with Gasteiger partial charge in [-0.25, -0.2) is 8.78 Å². The van der Waals surface area contributed by atoms with Crippen molar-refractivity contribution in [3.8, 4) is 5.75 Å². The minimum atomic E-state index is -0.858. The molecule has 2 aromatic carbocycles. The van der Waals surface area contributed by atoms with Crippen LogP contribution in [0.2, 0.25) is 0 Å². The zero-order valence-electron chi connectivity index (χ0n) is 9.44. The molecule has 1 unspecified atom stereocenters. The molecule has 90 valence electrons. The predicted octanol–water partition coefficient (Wildman–Crippen LogP) is 4.11. The molecule has 0 aliphatic carbocycles. The second-order valence-electron chi connectivity index (χ2n) is 4.11. The Morgan fingerprint density at radius 3 is 2.61 bits per heavy atom. The highest BCUT2D eigenvalue weighted by molar-refractivity contribution is 5.60. The first-order valence-corrected chi connectivity index (χ1v) is 5.63. The van der Waals surface area contributed by atoms with Crippen LogP contribution in [0.5, 0.6) is 5.75 Å². The van der Waals surface area contributed by atoms with Gasteiger partial charge < -0.3 is 4.74 Å². The summed E-state index contributed by atoms with van der Waals surface area (Å²) in [6, 6.07) is 11.4. The van der Waals surface area contributed by atoms with E-state index in [1.54, 1.807) is 0 Å². The average molecular weight is 244 g/mol. The lowest BCUT2D eigenvalue weighted by atomic mass is 10.0. The van der Waals surface area contributed by atoms with E-state index in [1.807, 2.05) is 36.4 Å². The summed E-state index contributed by atoms with van der Waals surface area (Å²) in [6.45, 7) is 0. The Hall–Kier alpha value is -2.16. The fraction of sp³-hybridized carbons (Fsp3) is 0.0667. The number of benzene rings is 2. The molecule has 0 fully saturated rings. The maximum atomic E-state index is 13.2. The van der Waals surface area contributed by atoms with E-state index in [-0.39, 0.29) is 6.10 Å². The molecule has 3 rings (SSSR count). The Morgan fingerprint density at radius 2 is 1.78 bits per heavy atom. The van der Waals surface area contributed by atoms with E-state index >= 15 is 0 Å². The molecule has 0 aromatic heterocycles. The third-order valence-corrected chi connectivity index (χ3v) is 2.90. The van der Waals surface area contributed by atoms with Crippen LogP contribution in [0.4, 0.5) is 8.78 Å². The van der Waals surface area contributed by atoms with Crippen molar-refractivity contribution in [3.05, 3.63) is 71.3 Å². The lowest BCUT2D eigenvalue weighted by Crippen LogP contribution is -2.09. The summed E-state index contributed by atoms with van der Waals surface area (Å²) in [5.74, 6) is -0.961. The Bertz CT molecular complexity index is 620. The molecule has 1 atom stereocenters. The third kappa shape index (κ3) is 1.88. The first kappa shape index (κ1) is 11.0. The molecular formula is C15H10F2O. The van der Waals surface area contributed by atoms with Gasteiger partial charge in [-0.3, -0.25) is 0 Å². The first-order chi connectivity index (χ1) is 8.74. The molecule has 1 aliphatic heterocycles. The molecule has 1 nitrogen and oxygen atoms in total. The topological polar surface area (TPSA) is 9.23 Å². The molecule has 18 heavy (non-hydrogen) atoms. The van der Waals surface area contributed by atoms with Crippen LogP contribution in [-0.4, -0.2) is 0 Å². The summed E-state index contributed by atoms with van der Waals surface area (Å²) in [4.78, 5) is 0. The van der Waals surface area contributed by atoms with Crippen molar-refractivity contribution in [3.63, 3.8) is 0 Å². The van der Waals surface area contributed by atoms with Gasteiger partial charge in [-0.15, -0.1) is 0 Å². The minimum Gasteiger partial charge on any atom is -0.481 e. The average Bonchev–Trinajstić information content (AvgIpc) is 2.41. The maximum absolute atomic E-state index is 13.2. The van der Waals surface area contributed by atoms with Crippen molar-refractivity contribution < 1.29 is 13.5 Å². The standard InChI is InChI=1S/C15H10F2O/c16-12-7-5-11(9-13(12)17)15-8-6-10-3-1-2-4-14(10)18-15/h1-9,15H. The first-order valence-electron chi connectivity index (χ1n) is 5.63. The molecule has 0 radical (unpaired) electrons. The van der Waals surface area contributed by atoms with Crippen LogP contribution in [0.25, 0.3) is 6.08 Å². The number of fused-ring (bicyclic) bond motifs is 1. The van der Waals surface area contributed by atoms with Gasteiger partial charge in [0.15, 0.2) is 11.6 Å². The monoisotopic (exact) mass is 244 g/mol. The zero-order valence-corrected chi connectivity index (χ0v) is 9.44. The van der Waals surface area contributed by atoms with Gasteiger partial charge in [0.1, 0.15) is 11.9 Å². The number of para-hydroxylation sites is 1. The smallest absolute Gasteiger partial charge is 0.159 e. The van der Waals surface area contributed by atoms with Gasteiger partial charge in [0.25, 0.3) is 0 Å². The molecular weight excluding hydrogens is 234 g/mol. The summed E-state index contributed by atoms with van der Waals surface area (Å²) >= 11 is 0. The van der Waals surface area contributed by atoms with Gasteiger partial charge in [-0.05, 0) is 29.8 Å². The molecule has 0 saturated heterocycles. The van der Waals surface area contributed by atoms with Crippen LogP contribution < -0.4 is 4.74 Å². The molecule has 3 heteroatoms. The Labute approximate surface area is 103 Å². The fourth-order valence-corrected chi connectivity index (χ4v) is 1.96. The van der Waals surface area contributed by atoms with Gasteiger partial charge in [0.05, 0.1) is 0 Å². The summed E-state index contributed by atoms with van der Waals surface area (Å²) in [5, 5.41) is 0. The molecule has 1 aliphatic rings. The highest BCUT2D eigenvalue weighted by Gasteiger charge is 2.17.